The zero-order valence-electron chi connectivity index (χ0n) is 35.9. The number of aromatic nitrogens is 3. The smallest absolute Gasteiger partial charge is 0.168 e. The quantitative estimate of drug-likeness (QED) is 0.166. The molecule has 0 aliphatic heterocycles. The van der Waals surface area contributed by atoms with Crippen LogP contribution in [0.2, 0.25) is 0 Å². The third-order valence-corrected chi connectivity index (χ3v) is 14.1. The van der Waals surface area contributed by atoms with Gasteiger partial charge in [0.05, 0.1) is 5.56 Å². The van der Waals surface area contributed by atoms with Gasteiger partial charge in [-0.1, -0.05) is 182 Å². The van der Waals surface area contributed by atoms with E-state index in [0.717, 1.165) is 89.4 Å². The molecule has 2 heterocycles. The molecule has 0 bridgehead atoms. The highest BCUT2D eigenvalue weighted by Crippen LogP contribution is 2.48. The number of furan rings is 1. The van der Waals surface area contributed by atoms with Crippen LogP contribution in [-0.2, 0) is 6.42 Å². The number of nitrogens with zero attached hydrogens (tertiary/aromatic N) is 3. The van der Waals surface area contributed by atoms with Crippen LogP contribution in [0.1, 0.15) is 29.0 Å². The Kier molecular flexibility index (Phi) is 8.14. The SMILES string of the molecule is c1ccc2c(c1)-c1cc3ccccc3cc1CCC2c1ccc2c(oc3ccccc32)c1-c1nc(-c2cc3ccccc3c3ccccc23)nc(-c2cc3ccccc3c3ccccc23)n1. The Labute approximate surface area is 380 Å². The summed E-state index contributed by atoms with van der Waals surface area (Å²) in [7, 11) is 0. The van der Waals surface area contributed by atoms with Crippen molar-refractivity contribution in [2.75, 3.05) is 0 Å². The van der Waals surface area contributed by atoms with Crippen LogP contribution >= 0.6 is 0 Å². The molecular weight excluding hydrogens is 803 g/mol. The lowest BCUT2D eigenvalue weighted by molar-refractivity contribution is 0.666. The Morgan fingerprint density at radius 3 is 1.52 bits per heavy atom. The van der Waals surface area contributed by atoms with Crippen LogP contribution in [0.5, 0.6) is 0 Å². The van der Waals surface area contributed by atoms with Gasteiger partial charge >= 0.3 is 0 Å². The molecule has 1 aliphatic carbocycles. The predicted molar refractivity (Wildman–Crippen MR) is 273 cm³/mol. The lowest BCUT2D eigenvalue weighted by Gasteiger charge is -2.22. The second-order valence-electron chi connectivity index (χ2n) is 17.7. The number of aryl methyl sites for hydroxylation is 1. The van der Waals surface area contributed by atoms with E-state index in [2.05, 4.69) is 200 Å². The molecule has 0 spiro atoms. The first-order valence-electron chi connectivity index (χ1n) is 22.9. The molecule has 0 amide bonds. The summed E-state index contributed by atoms with van der Waals surface area (Å²) in [6.45, 7) is 0. The van der Waals surface area contributed by atoms with Crippen molar-refractivity contribution in [2.24, 2.45) is 0 Å². The molecule has 66 heavy (non-hydrogen) atoms. The van der Waals surface area contributed by atoms with Crippen molar-refractivity contribution in [3.05, 3.63) is 223 Å². The van der Waals surface area contributed by atoms with E-state index in [1.54, 1.807) is 0 Å². The van der Waals surface area contributed by atoms with Crippen LogP contribution in [0.3, 0.4) is 0 Å². The first kappa shape index (κ1) is 37.0. The minimum atomic E-state index is 0.0102. The second-order valence-corrected chi connectivity index (χ2v) is 17.7. The minimum absolute atomic E-state index is 0.0102. The number of benzene rings is 11. The Morgan fingerprint density at radius 1 is 0.348 bits per heavy atom. The van der Waals surface area contributed by atoms with Crippen molar-refractivity contribution in [3.8, 4) is 45.3 Å². The van der Waals surface area contributed by atoms with Gasteiger partial charge in [0.25, 0.3) is 0 Å². The monoisotopic (exact) mass is 841 g/mol. The molecule has 13 aromatic rings. The summed E-state index contributed by atoms with van der Waals surface area (Å²) in [6, 6.07) is 74.4. The third-order valence-electron chi connectivity index (χ3n) is 14.1. The third kappa shape index (κ3) is 5.68. The fraction of sp³-hybridized carbons (Fsp3) is 0.0484. The Balaban J connectivity index is 1.09. The van der Waals surface area contributed by atoms with Crippen LogP contribution in [0.15, 0.2) is 211 Å². The molecule has 0 radical (unpaired) electrons. The maximum atomic E-state index is 7.05. The van der Waals surface area contributed by atoms with E-state index in [4.69, 9.17) is 19.4 Å². The maximum Gasteiger partial charge on any atom is 0.168 e. The first-order chi connectivity index (χ1) is 32.7. The van der Waals surface area contributed by atoms with Crippen molar-refractivity contribution in [2.45, 2.75) is 18.8 Å². The zero-order valence-corrected chi connectivity index (χ0v) is 35.9. The second kappa shape index (κ2) is 14.5. The van der Waals surface area contributed by atoms with Crippen molar-refractivity contribution in [1.29, 1.82) is 0 Å². The fourth-order valence-electron chi connectivity index (χ4n) is 11.1. The summed E-state index contributed by atoms with van der Waals surface area (Å²) in [6.07, 6.45) is 1.81. The lowest BCUT2D eigenvalue weighted by Crippen LogP contribution is -2.07. The maximum absolute atomic E-state index is 7.05. The van der Waals surface area contributed by atoms with Crippen molar-refractivity contribution >= 4 is 75.8 Å². The lowest BCUT2D eigenvalue weighted by atomic mass is 9.82. The van der Waals surface area contributed by atoms with Crippen LogP contribution < -0.4 is 0 Å². The Bertz CT molecular complexity index is 4010. The molecule has 0 saturated heterocycles. The van der Waals surface area contributed by atoms with Crippen LogP contribution in [0.4, 0.5) is 0 Å². The van der Waals surface area contributed by atoms with E-state index >= 15 is 0 Å². The fourth-order valence-corrected chi connectivity index (χ4v) is 11.1. The van der Waals surface area contributed by atoms with E-state index < -0.39 is 0 Å². The first-order valence-corrected chi connectivity index (χ1v) is 22.9. The highest BCUT2D eigenvalue weighted by molar-refractivity contribution is 6.15. The molecule has 4 heteroatoms. The predicted octanol–water partition coefficient (Wildman–Crippen LogP) is 16.3. The number of hydrogen-bond acceptors (Lipinski definition) is 4. The van der Waals surface area contributed by atoms with Crippen molar-refractivity contribution < 1.29 is 4.42 Å². The van der Waals surface area contributed by atoms with Crippen molar-refractivity contribution in [3.63, 3.8) is 0 Å². The van der Waals surface area contributed by atoms with Gasteiger partial charge in [-0.15, -0.1) is 0 Å². The Hall–Kier alpha value is -8.47. The molecular formula is C62H39N3O. The molecule has 1 aliphatic rings. The summed E-state index contributed by atoms with van der Waals surface area (Å²) >= 11 is 0. The average molecular weight is 842 g/mol. The van der Waals surface area contributed by atoms with E-state index in [1.807, 2.05) is 6.07 Å². The summed E-state index contributed by atoms with van der Waals surface area (Å²) in [4.78, 5) is 16.8. The van der Waals surface area contributed by atoms with Gasteiger partial charge in [-0.3, -0.25) is 0 Å². The van der Waals surface area contributed by atoms with Crippen LogP contribution in [0, 0.1) is 0 Å². The molecule has 1 unspecified atom stereocenters. The minimum Gasteiger partial charge on any atom is -0.455 e. The topological polar surface area (TPSA) is 51.8 Å². The van der Waals surface area contributed by atoms with Gasteiger partial charge in [-0.2, -0.15) is 0 Å². The molecule has 11 aromatic carbocycles. The molecule has 0 N–H and O–H groups in total. The average Bonchev–Trinajstić information content (AvgIpc) is 3.68. The molecule has 0 saturated carbocycles. The summed E-state index contributed by atoms with van der Waals surface area (Å²) in [5.74, 6) is 1.84. The number of fused-ring (bicyclic) bond motifs is 13. The molecule has 0 fully saturated rings. The van der Waals surface area contributed by atoms with E-state index in [1.165, 1.54) is 43.8 Å². The van der Waals surface area contributed by atoms with E-state index in [-0.39, 0.29) is 5.92 Å². The van der Waals surface area contributed by atoms with Gasteiger partial charge in [0, 0.05) is 27.8 Å². The van der Waals surface area contributed by atoms with Crippen LogP contribution in [-0.4, -0.2) is 15.0 Å². The molecule has 308 valence electrons. The molecule has 4 nitrogen and oxygen atoms in total. The molecule has 2 aromatic heterocycles. The highest BCUT2D eigenvalue weighted by atomic mass is 16.3. The van der Waals surface area contributed by atoms with Crippen LogP contribution in [0.25, 0.3) is 121 Å². The highest BCUT2D eigenvalue weighted by Gasteiger charge is 2.30. The summed E-state index contributed by atoms with van der Waals surface area (Å²) in [5.41, 5.74) is 10.8. The number of rotatable bonds is 4. The van der Waals surface area contributed by atoms with Gasteiger partial charge in [-0.25, -0.2) is 15.0 Å². The van der Waals surface area contributed by atoms with Gasteiger partial charge in [-0.05, 0) is 119 Å². The number of para-hydroxylation sites is 1. The van der Waals surface area contributed by atoms with E-state index in [9.17, 15) is 0 Å². The van der Waals surface area contributed by atoms with E-state index in [0.29, 0.717) is 17.5 Å². The normalized spacial score (nSPS) is 13.8. The standard InChI is InChI=1S/C62H39N3O/c1-2-16-38-34-54-41(33-37(38)15-1)29-30-50(46-23-9-10-24-47(46)54)52-31-32-53-51-27-13-14-28-57(51)66-59(53)58(52)62-64-60(55-35-39-17-3-5-19-42(39)44-21-7-11-25-48(44)55)63-61(65-62)56-36-40-18-4-6-20-43(40)45-22-8-12-26-49(45)56/h1-28,31-36,50H,29-30H2. The van der Waals surface area contributed by atoms with Crippen molar-refractivity contribution in [1.82, 2.24) is 15.0 Å². The Morgan fingerprint density at radius 2 is 0.848 bits per heavy atom. The molecule has 1 atom stereocenters. The summed E-state index contributed by atoms with van der Waals surface area (Å²) in [5, 5.41) is 13.8. The molecule has 14 rings (SSSR count). The summed E-state index contributed by atoms with van der Waals surface area (Å²) < 4.78 is 7.05. The largest absolute Gasteiger partial charge is 0.455 e. The van der Waals surface area contributed by atoms with Gasteiger partial charge in [0.15, 0.2) is 17.5 Å². The van der Waals surface area contributed by atoms with Gasteiger partial charge in [0.2, 0.25) is 0 Å². The van der Waals surface area contributed by atoms with Gasteiger partial charge in [0.1, 0.15) is 11.2 Å². The zero-order chi connectivity index (χ0) is 43.3. The van der Waals surface area contributed by atoms with Gasteiger partial charge < -0.3 is 4.42 Å². The number of hydrogen-bond donors (Lipinski definition) is 0.